The van der Waals surface area contributed by atoms with Gasteiger partial charge in [0.1, 0.15) is 5.84 Å². The smallest absolute Gasteiger partial charge is 0.222 e. The normalized spacial score (nSPS) is 15.8. The molecular formula is C15H32N6O3. The van der Waals surface area contributed by atoms with Crippen molar-refractivity contribution in [1.82, 2.24) is 10.2 Å². The Kier molecular flexibility index (Phi) is 10.7. The number of carbonyl (C=O) groups is 2. The lowest BCUT2D eigenvalue weighted by Gasteiger charge is -2.28. The lowest BCUT2D eigenvalue weighted by Crippen LogP contribution is -2.36. The number of hydrogen-bond acceptors (Lipinski definition) is 6. The van der Waals surface area contributed by atoms with Gasteiger partial charge in [0.15, 0.2) is 0 Å². The Bertz CT molecular complexity index is 429. The zero-order chi connectivity index (χ0) is 18.7. The van der Waals surface area contributed by atoms with Crippen LogP contribution in [0.1, 0.15) is 33.1 Å². The van der Waals surface area contributed by atoms with Crippen LogP contribution in [0.4, 0.5) is 0 Å². The minimum absolute atomic E-state index is 0.0862. The largest absolute Gasteiger partial charge is 0.385 e. The number of ether oxygens (including phenoxy) is 1. The summed E-state index contributed by atoms with van der Waals surface area (Å²) in [7, 11) is 3.48. The maximum absolute atomic E-state index is 11.4. The second-order valence-electron chi connectivity index (χ2n) is 6.16. The van der Waals surface area contributed by atoms with Crippen LogP contribution in [0.5, 0.6) is 0 Å². The average Bonchev–Trinajstić information content (AvgIpc) is 2.50. The summed E-state index contributed by atoms with van der Waals surface area (Å²) < 4.78 is 5.88. The predicted molar refractivity (Wildman–Crippen MR) is 93.9 cm³/mol. The van der Waals surface area contributed by atoms with Crippen molar-refractivity contribution in [3.63, 3.8) is 0 Å². The molecule has 0 aliphatic heterocycles. The first-order chi connectivity index (χ1) is 11.2. The van der Waals surface area contributed by atoms with Crippen LogP contribution in [-0.2, 0) is 14.3 Å². The van der Waals surface area contributed by atoms with E-state index in [1.54, 1.807) is 14.0 Å². The number of amides is 2. The monoisotopic (exact) mass is 344 g/mol. The Morgan fingerprint density at radius 3 is 2.38 bits per heavy atom. The third-order valence-corrected chi connectivity index (χ3v) is 3.76. The molecule has 3 unspecified atom stereocenters. The summed E-state index contributed by atoms with van der Waals surface area (Å²) in [6.45, 7) is 5.01. The van der Waals surface area contributed by atoms with Crippen LogP contribution in [0.2, 0.25) is 0 Å². The van der Waals surface area contributed by atoms with Crippen molar-refractivity contribution in [2.24, 2.45) is 28.3 Å². The van der Waals surface area contributed by atoms with Crippen LogP contribution in [0.15, 0.2) is 5.10 Å². The van der Waals surface area contributed by atoms with Crippen molar-refractivity contribution < 1.29 is 14.3 Å². The van der Waals surface area contributed by atoms with Gasteiger partial charge in [-0.1, -0.05) is 6.92 Å². The van der Waals surface area contributed by atoms with Gasteiger partial charge in [0, 0.05) is 7.05 Å². The number of hydrogen-bond donors (Lipinski definition) is 4. The molecule has 0 bridgehead atoms. The fraction of sp³-hybridized carbons (Fsp3) is 0.800. The molecule has 2 amide bonds. The second-order valence-corrected chi connectivity index (χ2v) is 6.16. The van der Waals surface area contributed by atoms with Gasteiger partial charge in [0.05, 0.1) is 31.6 Å². The van der Waals surface area contributed by atoms with Crippen LogP contribution in [0.25, 0.3) is 0 Å². The van der Waals surface area contributed by atoms with Crippen molar-refractivity contribution in [3.8, 4) is 0 Å². The lowest BCUT2D eigenvalue weighted by molar-refractivity contribution is -0.128. The van der Waals surface area contributed by atoms with Crippen LogP contribution in [0, 0.1) is 5.92 Å². The topological polar surface area (TPSA) is 149 Å². The molecule has 0 aromatic rings. The summed E-state index contributed by atoms with van der Waals surface area (Å²) in [5.74, 6) is 5.03. The van der Waals surface area contributed by atoms with Crippen LogP contribution in [0.3, 0.4) is 0 Å². The summed E-state index contributed by atoms with van der Waals surface area (Å²) in [5.41, 5.74) is 10.9. The fourth-order valence-electron chi connectivity index (χ4n) is 2.30. The van der Waals surface area contributed by atoms with E-state index in [1.165, 1.54) is 0 Å². The van der Waals surface area contributed by atoms with Crippen molar-refractivity contribution in [3.05, 3.63) is 0 Å². The van der Waals surface area contributed by atoms with E-state index in [2.05, 4.69) is 10.4 Å². The molecule has 0 aliphatic carbocycles. The molecule has 3 atom stereocenters. The number of hydrazone groups is 1. The highest BCUT2D eigenvalue weighted by molar-refractivity contribution is 5.81. The van der Waals surface area contributed by atoms with E-state index in [0.29, 0.717) is 12.4 Å². The van der Waals surface area contributed by atoms with Crippen molar-refractivity contribution in [2.45, 2.75) is 45.3 Å². The maximum Gasteiger partial charge on any atom is 0.222 e. The third kappa shape index (κ3) is 10.0. The minimum atomic E-state index is -0.424. The third-order valence-electron chi connectivity index (χ3n) is 3.76. The zero-order valence-electron chi connectivity index (χ0n) is 15.1. The van der Waals surface area contributed by atoms with Crippen LogP contribution >= 0.6 is 0 Å². The number of nitrogens with two attached hydrogens (primary N) is 3. The number of rotatable bonds is 12. The Labute approximate surface area is 143 Å². The molecule has 9 heteroatoms. The molecule has 140 valence electrons. The molecule has 24 heavy (non-hydrogen) atoms. The number of nitrogens with one attached hydrogen (secondary N) is 1. The van der Waals surface area contributed by atoms with Crippen molar-refractivity contribution >= 4 is 17.6 Å². The quantitative estimate of drug-likeness (QED) is 0.154. The average molecular weight is 344 g/mol. The number of nitrogens with zero attached hydrogens (tertiary/aromatic N) is 2. The molecule has 0 saturated heterocycles. The molecule has 7 N–H and O–H groups in total. The molecule has 0 heterocycles. The summed E-state index contributed by atoms with van der Waals surface area (Å²) in [4.78, 5) is 24.7. The van der Waals surface area contributed by atoms with E-state index < -0.39 is 5.91 Å². The van der Waals surface area contributed by atoms with E-state index in [9.17, 15) is 9.59 Å². The number of primary amides is 1. The highest BCUT2D eigenvalue weighted by atomic mass is 16.5. The predicted octanol–water partition coefficient (Wildman–Crippen LogP) is -1.04. The summed E-state index contributed by atoms with van der Waals surface area (Å²) in [6, 6.07) is 0. The first kappa shape index (κ1) is 22.1. The highest BCUT2D eigenvalue weighted by Crippen LogP contribution is 2.18. The molecule has 9 nitrogen and oxygen atoms in total. The second kappa shape index (κ2) is 11.6. The molecular weight excluding hydrogens is 312 g/mol. The summed E-state index contributed by atoms with van der Waals surface area (Å²) >= 11 is 0. The van der Waals surface area contributed by atoms with Crippen LogP contribution in [-0.4, -0.2) is 61.9 Å². The highest BCUT2D eigenvalue weighted by Gasteiger charge is 2.23. The lowest BCUT2D eigenvalue weighted by atomic mass is 9.97. The molecule has 0 saturated carbocycles. The molecule has 0 spiro atoms. The van der Waals surface area contributed by atoms with Gasteiger partial charge in [0.25, 0.3) is 0 Å². The fourth-order valence-corrected chi connectivity index (χ4v) is 2.30. The molecule has 0 aromatic carbocycles. The summed E-state index contributed by atoms with van der Waals surface area (Å²) in [6.07, 6.45) is 0.501. The van der Waals surface area contributed by atoms with Gasteiger partial charge in [-0.3, -0.25) is 14.5 Å². The molecule has 0 radical (unpaired) electrons. The van der Waals surface area contributed by atoms with E-state index in [-0.39, 0.29) is 36.9 Å². The van der Waals surface area contributed by atoms with Gasteiger partial charge in [0.2, 0.25) is 11.8 Å². The number of amidine groups is 1. The van der Waals surface area contributed by atoms with Crippen LogP contribution < -0.4 is 22.6 Å². The SMILES string of the molecule is CNC(=O)CC(C)OC(CC(N)=O)C(C)CCN(C)CC(N)=NN. The van der Waals surface area contributed by atoms with E-state index in [4.69, 9.17) is 22.0 Å². The Balaban J connectivity index is 4.56. The first-order valence-corrected chi connectivity index (χ1v) is 8.04. The zero-order valence-corrected chi connectivity index (χ0v) is 15.1. The number of carbonyl (C=O) groups excluding carboxylic acids is 2. The van der Waals surface area contributed by atoms with Gasteiger partial charge in [-0.15, -0.1) is 0 Å². The van der Waals surface area contributed by atoms with Gasteiger partial charge in [-0.25, -0.2) is 0 Å². The van der Waals surface area contributed by atoms with Crippen molar-refractivity contribution in [1.29, 1.82) is 0 Å². The van der Waals surface area contributed by atoms with E-state index in [1.807, 2.05) is 18.9 Å². The van der Waals surface area contributed by atoms with Gasteiger partial charge in [-0.2, -0.15) is 5.10 Å². The van der Waals surface area contributed by atoms with Gasteiger partial charge >= 0.3 is 0 Å². The Morgan fingerprint density at radius 2 is 1.88 bits per heavy atom. The maximum atomic E-state index is 11.4. The number of likely N-dealkylation sites (N-methyl/N-ethyl adjacent to an activating group) is 1. The van der Waals surface area contributed by atoms with E-state index >= 15 is 0 Å². The molecule has 0 rings (SSSR count). The Hall–Kier alpha value is -1.87. The van der Waals surface area contributed by atoms with Gasteiger partial charge in [-0.05, 0) is 32.9 Å². The minimum Gasteiger partial charge on any atom is -0.385 e. The molecule has 0 aromatic heterocycles. The first-order valence-electron chi connectivity index (χ1n) is 8.04. The van der Waals surface area contributed by atoms with Crippen molar-refractivity contribution in [2.75, 3.05) is 27.2 Å². The van der Waals surface area contributed by atoms with E-state index in [0.717, 1.165) is 13.0 Å². The molecule has 0 aliphatic rings. The molecule has 0 fully saturated rings. The standard InChI is InChI=1S/C15H32N6O3/c1-10(5-6-21(4)9-13(16)20-18)12(8-14(17)22)24-11(2)7-15(23)19-3/h10-12H,5-9,18H2,1-4H3,(H2,16,20)(H2,17,22)(H,19,23). The summed E-state index contributed by atoms with van der Waals surface area (Å²) in [5, 5.41) is 5.99. The Morgan fingerprint density at radius 1 is 1.25 bits per heavy atom. The van der Waals surface area contributed by atoms with Gasteiger partial charge < -0.3 is 27.4 Å².